The first-order chi connectivity index (χ1) is 7.34. The Balaban J connectivity index is 1.65. The lowest BCUT2D eigenvalue weighted by molar-refractivity contribution is 0.234. The number of hydrogen-bond acceptors (Lipinski definition) is 2. The maximum atomic E-state index is 11.8. The molecule has 0 aliphatic heterocycles. The van der Waals surface area contributed by atoms with E-state index in [1.807, 2.05) is 0 Å². The molecule has 0 saturated heterocycles. The van der Waals surface area contributed by atoms with E-state index in [2.05, 4.69) is 10.3 Å². The van der Waals surface area contributed by atoms with E-state index in [4.69, 9.17) is 0 Å². The van der Waals surface area contributed by atoms with Gasteiger partial charge in [-0.15, -0.1) is 0 Å². The zero-order chi connectivity index (χ0) is 10.3. The summed E-state index contributed by atoms with van der Waals surface area (Å²) in [6, 6.07) is 0.385. The van der Waals surface area contributed by atoms with Crippen LogP contribution >= 0.6 is 0 Å². The largest absolute Gasteiger partial charge is 0.334 e. The normalized spacial score (nSPS) is 20.6. The average molecular weight is 205 g/mol. The van der Waals surface area contributed by atoms with Gasteiger partial charge in [0.1, 0.15) is 6.33 Å². The molecule has 80 valence electrons. The molecule has 0 spiro atoms. The van der Waals surface area contributed by atoms with Crippen LogP contribution in [0, 0.1) is 11.8 Å². The molecule has 1 heterocycles. The second-order valence-corrected chi connectivity index (χ2v) is 4.62. The molecule has 2 fully saturated rings. The van der Waals surface area contributed by atoms with Crippen LogP contribution in [0.3, 0.4) is 0 Å². The van der Waals surface area contributed by atoms with Gasteiger partial charge in [0, 0.05) is 18.4 Å². The summed E-state index contributed by atoms with van der Waals surface area (Å²) in [4.78, 5) is 15.7. The number of carbonyl (C=O) groups excluding carboxylic acids is 1. The first-order valence-corrected chi connectivity index (χ1v) is 5.63. The first-order valence-electron chi connectivity index (χ1n) is 5.63. The third-order valence-electron chi connectivity index (χ3n) is 3.29. The summed E-state index contributed by atoms with van der Waals surface area (Å²) >= 11 is 0. The number of hydrogen-bond donors (Lipinski definition) is 1. The summed E-state index contributed by atoms with van der Waals surface area (Å²) in [5.41, 5.74) is 0. The molecule has 4 nitrogen and oxygen atoms in total. The highest BCUT2D eigenvalue weighted by atomic mass is 16.2. The molecule has 0 atom stereocenters. The van der Waals surface area contributed by atoms with Crippen molar-refractivity contribution in [2.75, 3.05) is 0 Å². The van der Waals surface area contributed by atoms with Gasteiger partial charge in [-0.25, -0.2) is 9.78 Å². The summed E-state index contributed by atoms with van der Waals surface area (Å²) in [6.45, 7) is 0. The Morgan fingerprint density at radius 1 is 1.33 bits per heavy atom. The van der Waals surface area contributed by atoms with Crippen molar-refractivity contribution in [3.63, 3.8) is 0 Å². The predicted molar refractivity (Wildman–Crippen MR) is 55.4 cm³/mol. The van der Waals surface area contributed by atoms with Crippen molar-refractivity contribution in [3.05, 3.63) is 18.7 Å². The van der Waals surface area contributed by atoms with Gasteiger partial charge in [0.25, 0.3) is 0 Å². The summed E-state index contributed by atoms with van der Waals surface area (Å²) in [5.74, 6) is 1.48. The Morgan fingerprint density at radius 2 is 2.00 bits per heavy atom. The fourth-order valence-corrected chi connectivity index (χ4v) is 2.13. The van der Waals surface area contributed by atoms with E-state index in [0.717, 1.165) is 11.8 Å². The summed E-state index contributed by atoms with van der Waals surface area (Å²) < 4.78 is 1.51. The summed E-state index contributed by atoms with van der Waals surface area (Å²) in [7, 11) is 0. The van der Waals surface area contributed by atoms with E-state index in [-0.39, 0.29) is 6.03 Å². The monoisotopic (exact) mass is 205 g/mol. The first kappa shape index (κ1) is 8.95. The Kier molecular flexibility index (Phi) is 2.01. The standard InChI is InChI=1S/C11H15N3O/c15-11(14-6-5-12-7-14)13-10(8-1-2-8)9-3-4-9/h5-10H,1-4H2,(H,13,15). The highest BCUT2D eigenvalue weighted by Crippen LogP contribution is 2.44. The molecule has 4 heteroatoms. The van der Waals surface area contributed by atoms with Crippen molar-refractivity contribution in [1.29, 1.82) is 0 Å². The van der Waals surface area contributed by atoms with Crippen LogP contribution in [0.2, 0.25) is 0 Å². The maximum Gasteiger partial charge on any atom is 0.327 e. The number of nitrogens with one attached hydrogen (secondary N) is 1. The molecule has 2 aliphatic carbocycles. The van der Waals surface area contributed by atoms with Crippen LogP contribution in [0.15, 0.2) is 18.7 Å². The van der Waals surface area contributed by atoms with E-state index in [9.17, 15) is 4.79 Å². The van der Waals surface area contributed by atoms with Gasteiger partial charge in [0.2, 0.25) is 0 Å². The van der Waals surface area contributed by atoms with Crippen LogP contribution in [0.25, 0.3) is 0 Å². The van der Waals surface area contributed by atoms with Gasteiger partial charge < -0.3 is 5.32 Å². The quantitative estimate of drug-likeness (QED) is 0.815. The summed E-state index contributed by atoms with van der Waals surface area (Å²) in [6.07, 6.45) is 9.99. The van der Waals surface area contributed by atoms with Crippen LogP contribution < -0.4 is 5.32 Å². The maximum absolute atomic E-state index is 11.8. The van der Waals surface area contributed by atoms with E-state index in [1.54, 1.807) is 18.7 Å². The Morgan fingerprint density at radius 3 is 2.47 bits per heavy atom. The molecular formula is C11H15N3O. The van der Waals surface area contributed by atoms with Crippen molar-refractivity contribution in [2.45, 2.75) is 31.7 Å². The Hall–Kier alpha value is -1.32. The molecule has 0 aromatic carbocycles. The highest BCUT2D eigenvalue weighted by Gasteiger charge is 2.42. The van der Waals surface area contributed by atoms with Crippen LogP contribution in [0.5, 0.6) is 0 Å². The van der Waals surface area contributed by atoms with Crippen LogP contribution in [0.1, 0.15) is 25.7 Å². The van der Waals surface area contributed by atoms with E-state index in [1.165, 1.54) is 30.3 Å². The summed E-state index contributed by atoms with van der Waals surface area (Å²) in [5, 5.41) is 3.13. The molecular weight excluding hydrogens is 190 g/mol. The van der Waals surface area contributed by atoms with Crippen molar-refractivity contribution in [1.82, 2.24) is 14.9 Å². The molecule has 0 unspecified atom stereocenters. The van der Waals surface area contributed by atoms with Crippen molar-refractivity contribution in [2.24, 2.45) is 11.8 Å². The lowest BCUT2D eigenvalue weighted by Crippen LogP contribution is -2.40. The second kappa shape index (κ2) is 3.36. The third kappa shape index (κ3) is 1.89. The molecule has 1 aromatic rings. The minimum atomic E-state index is -0.0312. The number of imidazole rings is 1. The second-order valence-electron chi connectivity index (χ2n) is 4.62. The third-order valence-corrected chi connectivity index (χ3v) is 3.29. The molecule has 2 aliphatic rings. The van der Waals surface area contributed by atoms with Crippen molar-refractivity contribution in [3.8, 4) is 0 Å². The number of amides is 1. The van der Waals surface area contributed by atoms with Crippen molar-refractivity contribution < 1.29 is 4.79 Å². The van der Waals surface area contributed by atoms with E-state index in [0.29, 0.717) is 6.04 Å². The smallest absolute Gasteiger partial charge is 0.327 e. The van der Waals surface area contributed by atoms with Crippen molar-refractivity contribution >= 4 is 6.03 Å². The molecule has 1 amide bonds. The number of carbonyl (C=O) groups is 1. The average Bonchev–Trinajstić information content (AvgIpc) is 3.15. The Bertz CT molecular complexity index is 340. The molecule has 0 bridgehead atoms. The molecule has 2 saturated carbocycles. The topological polar surface area (TPSA) is 46.9 Å². The van der Waals surface area contributed by atoms with Gasteiger partial charge in [0.05, 0.1) is 0 Å². The Labute approximate surface area is 88.7 Å². The van der Waals surface area contributed by atoms with E-state index < -0.39 is 0 Å². The van der Waals surface area contributed by atoms with Gasteiger partial charge in [-0.2, -0.15) is 0 Å². The van der Waals surface area contributed by atoms with Gasteiger partial charge in [-0.3, -0.25) is 4.57 Å². The van der Waals surface area contributed by atoms with Gasteiger partial charge in [0.15, 0.2) is 0 Å². The fourth-order valence-electron chi connectivity index (χ4n) is 2.13. The molecule has 0 radical (unpaired) electrons. The zero-order valence-electron chi connectivity index (χ0n) is 8.60. The van der Waals surface area contributed by atoms with Crippen LogP contribution in [0.4, 0.5) is 4.79 Å². The number of aromatic nitrogens is 2. The van der Waals surface area contributed by atoms with Gasteiger partial charge >= 0.3 is 6.03 Å². The van der Waals surface area contributed by atoms with Gasteiger partial charge in [-0.05, 0) is 37.5 Å². The highest BCUT2D eigenvalue weighted by molar-refractivity contribution is 5.76. The number of nitrogens with zero attached hydrogens (tertiary/aromatic N) is 2. The minimum absolute atomic E-state index is 0.0312. The van der Waals surface area contributed by atoms with Crippen LogP contribution in [-0.4, -0.2) is 21.6 Å². The molecule has 15 heavy (non-hydrogen) atoms. The lowest BCUT2D eigenvalue weighted by atomic mass is 10.1. The molecule has 3 rings (SSSR count). The predicted octanol–water partition coefficient (Wildman–Crippen LogP) is 1.63. The van der Waals surface area contributed by atoms with Gasteiger partial charge in [-0.1, -0.05) is 0 Å². The lowest BCUT2D eigenvalue weighted by Gasteiger charge is -2.17. The minimum Gasteiger partial charge on any atom is -0.334 e. The van der Waals surface area contributed by atoms with E-state index >= 15 is 0 Å². The fraction of sp³-hybridized carbons (Fsp3) is 0.636. The SMILES string of the molecule is O=C(NC(C1CC1)C1CC1)n1ccnc1. The molecule has 1 N–H and O–H groups in total. The zero-order valence-corrected chi connectivity index (χ0v) is 8.60. The van der Waals surface area contributed by atoms with Crippen LogP contribution in [-0.2, 0) is 0 Å². The number of rotatable bonds is 3. The molecule has 1 aromatic heterocycles.